The molecule has 1 N–H and O–H groups in total. The number of amides is 3. The van der Waals surface area contributed by atoms with Crippen LogP contribution >= 0.6 is 0 Å². The molecule has 1 heterocycles. The minimum atomic E-state index is -0.504. The lowest BCUT2D eigenvalue weighted by atomic mass is 9.73. The molecule has 118 valence electrons. The average Bonchev–Trinajstić information content (AvgIpc) is 2.64. The molecule has 1 saturated heterocycles. The summed E-state index contributed by atoms with van der Waals surface area (Å²) >= 11 is 0. The Hall–Kier alpha value is -1.39. The third-order valence-corrected chi connectivity index (χ3v) is 4.96. The molecule has 0 aromatic rings. The highest BCUT2D eigenvalue weighted by Gasteiger charge is 2.51. The zero-order valence-electron chi connectivity index (χ0n) is 13.3. The first kappa shape index (κ1) is 16.0. The van der Waals surface area contributed by atoms with Gasteiger partial charge in [-0.05, 0) is 33.1 Å². The van der Waals surface area contributed by atoms with Crippen molar-refractivity contribution in [2.45, 2.75) is 71.3 Å². The number of carbonyl (C=O) groups excluding carboxylic acids is 3. The van der Waals surface area contributed by atoms with Crippen molar-refractivity contribution in [3.8, 4) is 0 Å². The van der Waals surface area contributed by atoms with Gasteiger partial charge in [-0.1, -0.05) is 26.2 Å². The number of nitrogens with zero attached hydrogens (tertiary/aromatic N) is 1. The molecule has 2 fully saturated rings. The van der Waals surface area contributed by atoms with E-state index in [9.17, 15) is 14.4 Å². The van der Waals surface area contributed by atoms with Crippen molar-refractivity contribution in [3.05, 3.63) is 0 Å². The van der Waals surface area contributed by atoms with Gasteiger partial charge in [-0.25, -0.2) is 0 Å². The Morgan fingerprint density at radius 2 is 1.86 bits per heavy atom. The highest BCUT2D eigenvalue weighted by atomic mass is 16.2. The number of likely N-dealkylation sites (tertiary alicyclic amines) is 1. The summed E-state index contributed by atoms with van der Waals surface area (Å²) in [6.07, 6.45) is 5.80. The lowest BCUT2D eigenvalue weighted by Gasteiger charge is -2.30. The molecule has 0 atom stereocenters. The molecule has 1 spiro atoms. The second-order valence-electron chi connectivity index (χ2n) is 7.09. The summed E-state index contributed by atoms with van der Waals surface area (Å²) in [6.45, 7) is 5.72. The number of carbonyl (C=O) groups is 3. The first-order valence-electron chi connectivity index (χ1n) is 7.95. The molecule has 3 amide bonds. The monoisotopic (exact) mass is 294 g/mol. The maximum absolute atomic E-state index is 12.6. The smallest absolute Gasteiger partial charge is 0.240 e. The van der Waals surface area contributed by atoms with Gasteiger partial charge in [0.2, 0.25) is 17.7 Å². The zero-order chi connectivity index (χ0) is 15.7. The quantitative estimate of drug-likeness (QED) is 0.806. The molecule has 0 aromatic heterocycles. The van der Waals surface area contributed by atoms with Gasteiger partial charge in [-0.3, -0.25) is 19.3 Å². The fraction of sp³-hybridized carbons (Fsp3) is 0.812. The van der Waals surface area contributed by atoms with Crippen molar-refractivity contribution in [2.24, 2.45) is 5.41 Å². The van der Waals surface area contributed by atoms with Gasteiger partial charge < -0.3 is 5.32 Å². The van der Waals surface area contributed by atoms with E-state index in [-0.39, 0.29) is 36.2 Å². The van der Waals surface area contributed by atoms with Crippen LogP contribution in [0, 0.1) is 5.41 Å². The zero-order valence-corrected chi connectivity index (χ0v) is 13.3. The maximum Gasteiger partial charge on any atom is 0.240 e. The molecular weight excluding hydrogens is 268 g/mol. The van der Waals surface area contributed by atoms with Crippen LogP contribution in [0.5, 0.6) is 0 Å². The second-order valence-corrected chi connectivity index (χ2v) is 7.09. The van der Waals surface area contributed by atoms with E-state index in [0.717, 1.165) is 38.5 Å². The number of hydrogen-bond donors (Lipinski definition) is 1. The third kappa shape index (κ3) is 3.27. The van der Waals surface area contributed by atoms with E-state index in [1.54, 1.807) is 0 Å². The molecule has 5 heteroatoms. The summed E-state index contributed by atoms with van der Waals surface area (Å²) in [4.78, 5) is 38.0. The summed E-state index contributed by atoms with van der Waals surface area (Å²) in [5, 5.41) is 2.88. The van der Waals surface area contributed by atoms with Crippen LogP contribution in [-0.2, 0) is 14.4 Å². The van der Waals surface area contributed by atoms with Crippen LogP contribution in [0.2, 0.25) is 0 Å². The molecule has 0 radical (unpaired) electrons. The van der Waals surface area contributed by atoms with Crippen LogP contribution in [0.15, 0.2) is 0 Å². The van der Waals surface area contributed by atoms with Crippen LogP contribution in [0.25, 0.3) is 0 Å². The van der Waals surface area contributed by atoms with Gasteiger partial charge in [0, 0.05) is 12.0 Å². The van der Waals surface area contributed by atoms with Crippen LogP contribution in [0.3, 0.4) is 0 Å². The topological polar surface area (TPSA) is 66.5 Å². The molecule has 1 aliphatic carbocycles. The average molecular weight is 294 g/mol. The Bertz CT molecular complexity index is 450. The van der Waals surface area contributed by atoms with Crippen LogP contribution in [0.4, 0.5) is 0 Å². The van der Waals surface area contributed by atoms with E-state index < -0.39 is 5.41 Å². The Morgan fingerprint density at radius 3 is 2.43 bits per heavy atom. The van der Waals surface area contributed by atoms with E-state index in [4.69, 9.17) is 0 Å². The Morgan fingerprint density at radius 1 is 1.24 bits per heavy atom. The van der Waals surface area contributed by atoms with E-state index in [1.165, 1.54) is 4.90 Å². The molecule has 1 aliphatic heterocycles. The Kier molecular flexibility index (Phi) is 4.40. The molecule has 0 unspecified atom stereocenters. The van der Waals surface area contributed by atoms with Gasteiger partial charge in [-0.2, -0.15) is 0 Å². The lowest BCUT2D eigenvalue weighted by Crippen LogP contribution is -2.49. The molecule has 1 saturated carbocycles. The van der Waals surface area contributed by atoms with Crippen molar-refractivity contribution in [2.75, 3.05) is 6.54 Å². The van der Waals surface area contributed by atoms with E-state index >= 15 is 0 Å². The van der Waals surface area contributed by atoms with E-state index in [0.29, 0.717) is 0 Å². The van der Waals surface area contributed by atoms with Gasteiger partial charge >= 0.3 is 0 Å². The number of hydrogen-bond acceptors (Lipinski definition) is 3. The van der Waals surface area contributed by atoms with Crippen LogP contribution in [0.1, 0.15) is 65.7 Å². The molecule has 0 bridgehead atoms. The minimum Gasteiger partial charge on any atom is -0.350 e. The van der Waals surface area contributed by atoms with Gasteiger partial charge in [0.1, 0.15) is 6.54 Å². The molecule has 2 rings (SSSR count). The first-order chi connectivity index (χ1) is 9.80. The summed E-state index contributed by atoms with van der Waals surface area (Å²) in [7, 11) is 0. The van der Waals surface area contributed by atoms with Gasteiger partial charge in [0.25, 0.3) is 0 Å². The molecular formula is C16H26N2O3. The summed E-state index contributed by atoms with van der Waals surface area (Å²) in [6, 6.07) is 0. The fourth-order valence-corrected chi connectivity index (χ4v) is 3.29. The standard InChI is InChI=1S/C16H26N2O3/c1-4-15(2,3)17-12(19)11-18-13(20)10-16(14(18)21)8-6-5-7-9-16/h4-11H2,1-3H3,(H,17,19). The van der Waals surface area contributed by atoms with Gasteiger partial charge in [0.05, 0.1) is 5.41 Å². The van der Waals surface area contributed by atoms with Crippen LogP contribution in [-0.4, -0.2) is 34.7 Å². The Labute approximate surface area is 126 Å². The highest BCUT2D eigenvalue weighted by molar-refractivity contribution is 6.08. The van der Waals surface area contributed by atoms with Crippen molar-refractivity contribution < 1.29 is 14.4 Å². The van der Waals surface area contributed by atoms with E-state index in [1.807, 2.05) is 20.8 Å². The molecule has 0 aromatic carbocycles. The Balaban J connectivity index is 2.02. The molecule has 21 heavy (non-hydrogen) atoms. The predicted octanol–water partition coefficient (Wildman–Crippen LogP) is 2.00. The summed E-state index contributed by atoms with van der Waals surface area (Å²) < 4.78 is 0. The highest BCUT2D eigenvalue weighted by Crippen LogP contribution is 2.45. The lowest BCUT2D eigenvalue weighted by molar-refractivity contribution is -0.145. The second kappa shape index (κ2) is 5.78. The summed E-state index contributed by atoms with van der Waals surface area (Å²) in [5.41, 5.74) is -0.818. The largest absolute Gasteiger partial charge is 0.350 e. The molecule has 2 aliphatic rings. The normalized spacial score (nSPS) is 22.0. The van der Waals surface area contributed by atoms with Gasteiger partial charge in [-0.15, -0.1) is 0 Å². The van der Waals surface area contributed by atoms with Crippen molar-refractivity contribution in [3.63, 3.8) is 0 Å². The van der Waals surface area contributed by atoms with Crippen molar-refractivity contribution in [1.29, 1.82) is 0 Å². The van der Waals surface area contributed by atoms with E-state index in [2.05, 4.69) is 5.32 Å². The third-order valence-electron chi connectivity index (χ3n) is 4.96. The maximum atomic E-state index is 12.6. The van der Waals surface area contributed by atoms with Gasteiger partial charge in [0.15, 0.2) is 0 Å². The predicted molar refractivity (Wildman–Crippen MR) is 79.4 cm³/mol. The number of nitrogens with one attached hydrogen (secondary N) is 1. The number of rotatable bonds is 4. The number of imide groups is 1. The summed E-state index contributed by atoms with van der Waals surface area (Å²) in [5.74, 6) is -0.570. The first-order valence-corrected chi connectivity index (χ1v) is 7.95. The SMILES string of the molecule is CCC(C)(C)NC(=O)CN1C(=O)CC2(CCCCC2)C1=O. The van der Waals surface area contributed by atoms with Crippen molar-refractivity contribution in [1.82, 2.24) is 10.2 Å². The van der Waals surface area contributed by atoms with Crippen molar-refractivity contribution >= 4 is 17.7 Å². The van der Waals surface area contributed by atoms with Crippen LogP contribution < -0.4 is 5.32 Å². The molecule has 5 nitrogen and oxygen atoms in total. The minimum absolute atomic E-state index is 0.128. The fourth-order valence-electron chi connectivity index (χ4n) is 3.29.